The number of fused-ring (bicyclic) bond motifs is 1. The van der Waals surface area contributed by atoms with Crippen LogP contribution in [0.5, 0.6) is 0 Å². The summed E-state index contributed by atoms with van der Waals surface area (Å²) in [5, 5.41) is 0.572. The van der Waals surface area contributed by atoms with Gasteiger partial charge in [-0.05, 0) is 32.9 Å². The molecular weight excluding hydrogens is 338 g/mol. The van der Waals surface area contributed by atoms with Crippen LogP contribution in [-0.4, -0.2) is 28.3 Å². The summed E-state index contributed by atoms with van der Waals surface area (Å²) in [6.07, 6.45) is 1.65. The number of ketones is 1. The van der Waals surface area contributed by atoms with Crippen LogP contribution in [0.25, 0.3) is 21.5 Å². The fraction of sp³-hybridized carbons (Fsp3) is 0.222. The number of nitrogens with zero attached hydrogens (tertiary/aromatic N) is 2. The lowest BCUT2D eigenvalue weighted by Gasteiger charge is -2.11. The zero-order valence-electron chi connectivity index (χ0n) is 14.1. The zero-order chi connectivity index (χ0) is 18.1. The molecule has 0 aliphatic rings. The van der Waals surface area contributed by atoms with E-state index in [2.05, 4.69) is 9.97 Å². The molecule has 128 valence electrons. The Labute approximate surface area is 148 Å². The number of anilines is 1. The van der Waals surface area contributed by atoms with Crippen molar-refractivity contribution in [3.63, 3.8) is 0 Å². The number of aryl methyl sites for hydroxylation is 1. The molecule has 0 bridgehead atoms. The Morgan fingerprint density at radius 2 is 2.08 bits per heavy atom. The molecule has 0 amide bonds. The second-order valence-corrected chi connectivity index (χ2v) is 6.46. The highest BCUT2D eigenvalue weighted by Crippen LogP contribution is 2.41. The van der Waals surface area contributed by atoms with E-state index in [1.807, 2.05) is 12.1 Å². The number of rotatable bonds is 4. The lowest BCUT2D eigenvalue weighted by Crippen LogP contribution is -2.06. The number of hydrogen-bond donors (Lipinski definition) is 1. The lowest BCUT2D eigenvalue weighted by atomic mass is 9.96. The number of hydrogen-bond acceptors (Lipinski definition) is 7. The minimum Gasteiger partial charge on any atom is -0.462 e. The number of nitrogens with two attached hydrogens (primary N) is 1. The number of nitrogen functional groups attached to an aromatic ring is 1. The van der Waals surface area contributed by atoms with Gasteiger partial charge in [0, 0.05) is 22.7 Å². The summed E-state index contributed by atoms with van der Waals surface area (Å²) in [6, 6.07) is 5.44. The van der Waals surface area contributed by atoms with E-state index in [-0.39, 0.29) is 18.1 Å². The smallest absolute Gasteiger partial charge is 0.350 e. The van der Waals surface area contributed by atoms with Crippen LogP contribution in [0.1, 0.15) is 39.6 Å². The predicted molar refractivity (Wildman–Crippen MR) is 98.0 cm³/mol. The Morgan fingerprint density at radius 1 is 1.32 bits per heavy atom. The Bertz CT molecular complexity index is 980. The quantitative estimate of drug-likeness (QED) is 0.567. The Morgan fingerprint density at radius 3 is 2.68 bits per heavy atom. The fourth-order valence-corrected chi connectivity index (χ4v) is 3.86. The van der Waals surface area contributed by atoms with E-state index < -0.39 is 5.97 Å². The first-order valence-corrected chi connectivity index (χ1v) is 8.59. The Hall–Kier alpha value is -2.80. The Kier molecular flexibility index (Phi) is 4.50. The standard InChI is InChI=1S/C18H17N3O3S/c1-4-24-18(23)16-15(19)14-13(11-7-5-6-8-20-11)12(10(3)22)9(2)21-17(14)25-16/h5-8H,4,19H2,1-3H3. The lowest BCUT2D eigenvalue weighted by molar-refractivity contribution is 0.0533. The number of Topliss-reactive ketones (excluding diaryl/α,β-unsaturated/α-hetero) is 1. The number of ether oxygens (including phenoxy) is 1. The van der Waals surface area contributed by atoms with Crippen molar-refractivity contribution < 1.29 is 14.3 Å². The molecular formula is C18H17N3O3S. The summed E-state index contributed by atoms with van der Waals surface area (Å²) in [5.74, 6) is -0.618. The van der Waals surface area contributed by atoms with Gasteiger partial charge in [-0.3, -0.25) is 9.78 Å². The molecule has 0 spiro atoms. The van der Waals surface area contributed by atoms with Crippen LogP contribution in [0.2, 0.25) is 0 Å². The second-order valence-electron chi connectivity index (χ2n) is 5.46. The van der Waals surface area contributed by atoms with Crippen molar-refractivity contribution in [1.82, 2.24) is 9.97 Å². The molecule has 2 N–H and O–H groups in total. The SMILES string of the molecule is CCOC(=O)c1sc2nc(C)c(C(C)=O)c(-c3ccccn3)c2c1N. The van der Waals surface area contributed by atoms with Gasteiger partial charge in [-0.25, -0.2) is 9.78 Å². The molecule has 0 saturated heterocycles. The average molecular weight is 355 g/mol. The molecule has 0 aromatic carbocycles. The molecule has 0 radical (unpaired) electrons. The van der Waals surface area contributed by atoms with Crippen molar-refractivity contribution in [3.05, 3.63) is 40.5 Å². The first-order valence-electron chi connectivity index (χ1n) is 7.77. The fourth-order valence-electron chi connectivity index (χ4n) is 2.81. The normalized spacial score (nSPS) is 10.8. The van der Waals surface area contributed by atoms with Gasteiger partial charge in [-0.2, -0.15) is 0 Å². The maximum atomic E-state index is 12.3. The minimum atomic E-state index is -0.489. The van der Waals surface area contributed by atoms with Crippen molar-refractivity contribution in [2.75, 3.05) is 12.3 Å². The third kappa shape index (κ3) is 2.87. The summed E-state index contributed by atoms with van der Waals surface area (Å²) in [4.78, 5) is 34.2. The predicted octanol–water partition coefficient (Wildman–Crippen LogP) is 3.63. The van der Waals surface area contributed by atoms with Crippen LogP contribution in [0.3, 0.4) is 0 Å². The van der Waals surface area contributed by atoms with Gasteiger partial charge in [0.05, 0.1) is 23.7 Å². The van der Waals surface area contributed by atoms with E-state index in [1.165, 1.54) is 18.3 Å². The third-order valence-corrected chi connectivity index (χ3v) is 4.87. The molecule has 6 nitrogen and oxygen atoms in total. The highest BCUT2D eigenvalue weighted by Gasteiger charge is 2.26. The monoisotopic (exact) mass is 355 g/mol. The van der Waals surface area contributed by atoms with Gasteiger partial charge in [-0.1, -0.05) is 6.07 Å². The maximum absolute atomic E-state index is 12.3. The van der Waals surface area contributed by atoms with E-state index in [1.54, 1.807) is 26.1 Å². The van der Waals surface area contributed by atoms with Crippen molar-refractivity contribution in [1.29, 1.82) is 0 Å². The van der Waals surface area contributed by atoms with E-state index in [0.29, 0.717) is 37.6 Å². The Balaban J connectivity index is 2.42. The molecule has 7 heteroatoms. The van der Waals surface area contributed by atoms with Crippen LogP contribution in [0.4, 0.5) is 5.69 Å². The van der Waals surface area contributed by atoms with Gasteiger partial charge in [-0.15, -0.1) is 11.3 Å². The van der Waals surface area contributed by atoms with E-state index >= 15 is 0 Å². The van der Waals surface area contributed by atoms with Gasteiger partial charge in [0.1, 0.15) is 9.71 Å². The first-order chi connectivity index (χ1) is 12.0. The number of esters is 1. The second kappa shape index (κ2) is 6.60. The van der Waals surface area contributed by atoms with Crippen molar-refractivity contribution >= 4 is 39.0 Å². The summed E-state index contributed by atoms with van der Waals surface area (Å²) < 4.78 is 5.07. The van der Waals surface area contributed by atoms with Crippen LogP contribution in [-0.2, 0) is 4.74 Å². The molecule has 0 fully saturated rings. The number of carbonyl (C=O) groups is 2. The number of aromatic nitrogens is 2. The van der Waals surface area contributed by atoms with Crippen molar-refractivity contribution in [2.45, 2.75) is 20.8 Å². The summed E-state index contributed by atoms with van der Waals surface area (Å²) in [7, 11) is 0. The van der Waals surface area contributed by atoms with Crippen LogP contribution < -0.4 is 5.73 Å². The summed E-state index contributed by atoms with van der Waals surface area (Å²) in [6.45, 7) is 5.24. The molecule has 0 aliphatic carbocycles. The number of pyridine rings is 2. The molecule has 3 heterocycles. The van der Waals surface area contributed by atoms with E-state index in [4.69, 9.17) is 10.5 Å². The molecule has 3 aromatic rings. The minimum absolute atomic E-state index is 0.129. The van der Waals surface area contributed by atoms with E-state index in [0.717, 1.165) is 0 Å². The maximum Gasteiger partial charge on any atom is 0.350 e. The molecule has 0 aliphatic heterocycles. The molecule has 0 atom stereocenters. The molecule has 0 saturated carbocycles. The number of thiophene rings is 1. The van der Waals surface area contributed by atoms with Gasteiger partial charge in [0.15, 0.2) is 5.78 Å². The van der Waals surface area contributed by atoms with Gasteiger partial charge < -0.3 is 10.5 Å². The van der Waals surface area contributed by atoms with Crippen LogP contribution in [0.15, 0.2) is 24.4 Å². The van der Waals surface area contributed by atoms with Gasteiger partial charge >= 0.3 is 5.97 Å². The van der Waals surface area contributed by atoms with Crippen molar-refractivity contribution in [2.24, 2.45) is 0 Å². The van der Waals surface area contributed by atoms with E-state index in [9.17, 15) is 9.59 Å². The highest BCUT2D eigenvalue weighted by atomic mass is 32.1. The molecule has 0 unspecified atom stereocenters. The average Bonchev–Trinajstić information content (AvgIpc) is 2.91. The third-order valence-electron chi connectivity index (χ3n) is 3.79. The first kappa shape index (κ1) is 17.0. The van der Waals surface area contributed by atoms with Crippen molar-refractivity contribution in [3.8, 4) is 11.3 Å². The van der Waals surface area contributed by atoms with Crippen LogP contribution >= 0.6 is 11.3 Å². The molecule has 3 rings (SSSR count). The van der Waals surface area contributed by atoms with Gasteiger partial charge in [0.2, 0.25) is 0 Å². The van der Waals surface area contributed by atoms with Gasteiger partial charge in [0.25, 0.3) is 0 Å². The van der Waals surface area contributed by atoms with Crippen LogP contribution in [0, 0.1) is 6.92 Å². The zero-order valence-corrected chi connectivity index (χ0v) is 14.9. The number of carbonyl (C=O) groups excluding carboxylic acids is 2. The largest absolute Gasteiger partial charge is 0.462 e. The molecule has 25 heavy (non-hydrogen) atoms. The topological polar surface area (TPSA) is 95.2 Å². The molecule has 3 aromatic heterocycles. The summed E-state index contributed by atoms with van der Waals surface area (Å²) >= 11 is 1.17. The summed E-state index contributed by atoms with van der Waals surface area (Å²) in [5.41, 5.74) is 8.80. The highest BCUT2D eigenvalue weighted by molar-refractivity contribution is 7.21.